The maximum Gasteiger partial charge on any atom is 0.222 e. The molecule has 1 aliphatic heterocycles. The molecule has 3 aromatic heterocycles. The van der Waals surface area contributed by atoms with Gasteiger partial charge in [-0.3, -0.25) is 9.78 Å². The summed E-state index contributed by atoms with van der Waals surface area (Å²) >= 11 is 0. The minimum Gasteiger partial charge on any atom is -0.359 e. The van der Waals surface area contributed by atoms with E-state index in [4.69, 9.17) is 9.97 Å². The van der Waals surface area contributed by atoms with Crippen LogP contribution in [0.3, 0.4) is 0 Å². The lowest BCUT2D eigenvalue weighted by molar-refractivity contribution is -0.126. The maximum absolute atomic E-state index is 12.3. The number of pyridine rings is 1. The minimum absolute atomic E-state index is 0.107. The zero-order valence-corrected chi connectivity index (χ0v) is 18.7. The van der Waals surface area contributed by atoms with Crippen LogP contribution in [0, 0.1) is 11.3 Å². The molecule has 170 valence electrons. The van der Waals surface area contributed by atoms with Crippen molar-refractivity contribution in [2.45, 2.75) is 32.1 Å². The van der Waals surface area contributed by atoms with Gasteiger partial charge in [0.15, 0.2) is 5.82 Å². The molecule has 1 saturated heterocycles. The number of rotatable bonds is 5. The van der Waals surface area contributed by atoms with Gasteiger partial charge in [-0.2, -0.15) is 0 Å². The molecule has 1 saturated carbocycles. The average Bonchev–Trinajstić information content (AvgIpc) is 3.27. The van der Waals surface area contributed by atoms with Crippen molar-refractivity contribution in [2.24, 2.45) is 11.3 Å². The van der Waals surface area contributed by atoms with Gasteiger partial charge in [0, 0.05) is 56.3 Å². The first-order valence-electron chi connectivity index (χ1n) is 11.4. The zero-order valence-electron chi connectivity index (χ0n) is 18.7. The zero-order chi connectivity index (χ0) is 22.7. The molecule has 1 amide bonds. The molecule has 9 nitrogen and oxygen atoms in total. The second-order valence-electron chi connectivity index (χ2n) is 8.98. The molecule has 0 aromatic carbocycles. The maximum atomic E-state index is 12.3. The van der Waals surface area contributed by atoms with Crippen molar-refractivity contribution in [1.29, 1.82) is 0 Å². The Bertz CT molecular complexity index is 1110. The first-order chi connectivity index (χ1) is 16.1. The fourth-order valence-electron chi connectivity index (χ4n) is 5.16. The second kappa shape index (κ2) is 9.09. The van der Waals surface area contributed by atoms with Gasteiger partial charge in [0.2, 0.25) is 5.91 Å². The van der Waals surface area contributed by atoms with E-state index in [-0.39, 0.29) is 17.2 Å². The highest BCUT2D eigenvalue weighted by Crippen LogP contribution is 2.47. The molecular weight excluding hydrogens is 416 g/mol. The van der Waals surface area contributed by atoms with Gasteiger partial charge < -0.3 is 15.5 Å². The lowest BCUT2D eigenvalue weighted by Gasteiger charge is -2.37. The van der Waals surface area contributed by atoms with E-state index < -0.39 is 0 Å². The highest BCUT2D eigenvalue weighted by Gasteiger charge is 2.43. The Balaban J connectivity index is 1.43. The first-order valence-corrected chi connectivity index (χ1v) is 11.4. The molecule has 2 N–H and O–H groups in total. The molecule has 2 atom stereocenters. The quantitative estimate of drug-likeness (QED) is 0.618. The van der Waals surface area contributed by atoms with Gasteiger partial charge >= 0.3 is 0 Å². The van der Waals surface area contributed by atoms with Crippen LogP contribution in [0.15, 0.2) is 49.2 Å². The lowest BCUT2D eigenvalue weighted by Crippen LogP contribution is -2.38. The van der Waals surface area contributed by atoms with E-state index in [0.29, 0.717) is 17.5 Å². The largest absolute Gasteiger partial charge is 0.359 e. The van der Waals surface area contributed by atoms with E-state index in [1.54, 1.807) is 31.7 Å². The minimum atomic E-state index is 0.107. The van der Waals surface area contributed by atoms with Crippen LogP contribution in [-0.2, 0) is 4.79 Å². The number of hydrogen-bond donors (Lipinski definition) is 2. The molecule has 0 radical (unpaired) electrons. The monoisotopic (exact) mass is 444 g/mol. The third-order valence-corrected chi connectivity index (χ3v) is 6.79. The van der Waals surface area contributed by atoms with Crippen molar-refractivity contribution < 1.29 is 4.79 Å². The van der Waals surface area contributed by atoms with E-state index >= 15 is 0 Å². The SMILES string of the molecule is CNC(=O)C1CCCC2(CCN(c3cc(Nc4ccncn4)nc(-c4cccnc4)n3)C2)C1. The van der Waals surface area contributed by atoms with Crippen LogP contribution >= 0.6 is 0 Å². The first kappa shape index (κ1) is 21.2. The molecule has 4 heterocycles. The Morgan fingerprint density at radius 3 is 2.88 bits per heavy atom. The van der Waals surface area contributed by atoms with Gasteiger partial charge in [-0.25, -0.2) is 19.9 Å². The standard InChI is InChI=1S/C24H28N8O/c1-25-23(33)17-4-2-7-24(13-17)8-11-32(15-24)21-12-20(29-19-6-10-27-16-28-19)30-22(31-21)18-5-3-9-26-14-18/h3,5-6,9-10,12,14,16-17H,2,4,7-8,11,13,15H2,1H3,(H,25,33)(H,27,28,29,30,31). The summed E-state index contributed by atoms with van der Waals surface area (Å²) < 4.78 is 0. The fraction of sp³-hybridized carbons (Fsp3) is 0.417. The Morgan fingerprint density at radius 1 is 1.15 bits per heavy atom. The van der Waals surface area contributed by atoms with E-state index in [2.05, 4.69) is 30.5 Å². The number of hydrogen-bond acceptors (Lipinski definition) is 8. The van der Waals surface area contributed by atoms with Crippen molar-refractivity contribution in [2.75, 3.05) is 30.4 Å². The summed E-state index contributed by atoms with van der Waals surface area (Å²) in [6, 6.07) is 7.62. The van der Waals surface area contributed by atoms with Crippen LogP contribution in [0.25, 0.3) is 11.4 Å². The Morgan fingerprint density at radius 2 is 2.09 bits per heavy atom. The predicted octanol–water partition coefficient (Wildman–Crippen LogP) is 3.20. The summed E-state index contributed by atoms with van der Waals surface area (Å²) in [6.07, 6.45) is 11.9. The molecule has 2 aliphatic rings. The number of amides is 1. The molecule has 9 heteroatoms. The van der Waals surface area contributed by atoms with Crippen LogP contribution in [-0.4, -0.2) is 51.0 Å². The van der Waals surface area contributed by atoms with Crippen molar-refractivity contribution in [1.82, 2.24) is 30.2 Å². The molecule has 3 aromatic rings. The summed E-state index contributed by atoms with van der Waals surface area (Å²) in [6.45, 7) is 1.81. The smallest absolute Gasteiger partial charge is 0.222 e. The third kappa shape index (κ3) is 4.62. The van der Waals surface area contributed by atoms with Gasteiger partial charge in [-0.1, -0.05) is 6.42 Å². The van der Waals surface area contributed by atoms with Gasteiger partial charge in [-0.15, -0.1) is 0 Å². The average molecular weight is 445 g/mol. The van der Waals surface area contributed by atoms with Gasteiger partial charge in [0.1, 0.15) is 23.8 Å². The second-order valence-corrected chi connectivity index (χ2v) is 8.98. The number of carbonyl (C=O) groups excluding carboxylic acids is 1. The van der Waals surface area contributed by atoms with E-state index in [1.165, 1.54) is 6.33 Å². The summed E-state index contributed by atoms with van der Waals surface area (Å²) in [5, 5.41) is 6.12. The van der Waals surface area contributed by atoms with E-state index in [9.17, 15) is 4.79 Å². The van der Waals surface area contributed by atoms with Crippen molar-refractivity contribution >= 4 is 23.4 Å². The molecular formula is C24H28N8O. The number of nitrogens with zero attached hydrogens (tertiary/aromatic N) is 6. The van der Waals surface area contributed by atoms with Crippen LogP contribution in [0.5, 0.6) is 0 Å². The third-order valence-electron chi connectivity index (χ3n) is 6.79. The summed E-state index contributed by atoms with van der Waals surface area (Å²) in [5.74, 6) is 3.11. The van der Waals surface area contributed by atoms with Crippen LogP contribution in [0.1, 0.15) is 32.1 Å². The number of carbonyl (C=O) groups is 1. The van der Waals surface area contributed by atoms with E-state index in [0.717, 1.165) is 56.6 Å². The number of anilines is 3. The summed E-state index contributed by atoms with van der Waals surface area (Å²) in [4.78, 5) is 36.7. The molecule has 1 spiro atoms. The van der Waals surface area contributed by atoms with E-state index in [1.807, 2.05) is 18.2 Å². The molecule has 0 bridgehead atoms. The van der Waals surface area contributed by atoms with Crippen molar-refractivity contribution in [3.05, 3.63) is 49.2 Å². The summed E-state index contributed by atoms with van der Waals surface area (Å²) in [7, 11) is 1.73. The lowest BCUT2D eigenvalue weighted by atomic mass is 9.69. The molecule has 5 rings (SSSR count). The van der Waals surface area contributed by atoms with Crippen LogP contribution < -0.4 is 15.5 Å². The molecule has 33 heavy (non-hydrogen) atoms. The molecule has 2 fully saturated rings. The predicted molar refractivity (Wildman–Crippen MR) is 126 cm³/mol. The Hall–Kier alpha value is -3.62. The highest BCUT2D eigenvalue weighted by molar-refractivity contribution is 5.78. The number of nitrogens with one attached hydrogen (secondary N) is 2. The number of aromatic nitrogens is 5. The fourth-order valence-corrected chi connectivity index (χ4v) is 5.16. The molecule has 1 aliphatic carbocycles. The van der Waals surface area contributed by atoms with Crippen molar-refractivity contribution in [3.63, 3.8) is 0 Å². The van der Waals surface area contributed by atoms with Gasteiger partial charge in [-0.05, 0) is 49.3 Å². The van der Waals surface area contributed by atoms with Gasteiger partial charge in [0.25, 0.3) is 0 Å². The Kier molecular flexibility index (Phi) is 5.85. The van der Waals surface area contributed by atoms with Crippen LogP contribution in [0.2, 0.25) is 0 Å². The highest BCUT2D eigenvalue weighted by atomic mass is 16.1. The topological polar surface area (TPSA) is 109 Å². The molecule has 2 unspecified atom stereocenters. The Labute approximate surface area is 193 Å². The normalized spacial score (nSPS) is 22.3. The van der Waals surface area contributed by atoms with Crippen molar-refractivity contribution in [3.8, 4) is 11.4 Å². The summed E-state index contributed by atoms with van der Waals surface area (Å²) in [5.41, 5.74) is 1.02. The van der Waals surface area contributed by atoms with Gasteiger partial charge in [0.05, 0.1) is 0 Å². The van der Waals surface area contributed by atoms with Crippen LogP contribution in [0.4, 0.5) is 17.5 Å².